The third-order valence-corrected chi connectivity index (χ3v) is 5.33. The van der Waals surface area contributed by atoms with Gasteiger partial charge in [-0.1, -0.05) is 32.0 Å². The van der Waals surface area contributed by atoms with Gasteiger partial charge in [0.25, 0.3) is 5.91 Å². The Hall–Kier alpha value is -2.08. The number of anilines is 1. The Kier molecular flexibility index (Phi) is 6.37. The molecule has 2 fully saturated rings. The molecule has 2 aliphatic rings. The highest BCUT2D eigenvalue weighted by Gasteiger charge is 2.38. The summed E-state index contributed by atoms with van der Waals surface area (Å²) in [6.45, 7) is 7.35. The Morgan fingerprint density at radius 3 is 2.56 bits per heavy atom. The fourth-order valence-electron chi connectivity index (χ4n) is 4.01. The molecule has 27 heavy (non-hydrogen) atoms. The molecule has 0 saturated carbocycles. The maximum Gasteiger partial charge on any atom is 0.325 e. The van der Waals surface area contributed by atoms with Gasteiger partial charge < -0.3 is 10.2 Å². The lowest BCUT2D eigenvalue weighted by atomic mass is 10.0. The van der Waals surface area contributed by atoms with Crippen molar-refractivity contribution in [3.8, 4) is 0 Å². The van der Waals surface area contributed by atoms with Crippen molar-refractivity contribution >= 4 is 17.6 Å². The van der Waals surface area contributed by atoms with Crippen LogP contribution in [0, 0.1) is 5.92 Å². The topological polar surface area (TPSA) is 55.9 Å². The maximum atomic E-state index is 12.6. The van der Waals surface area contributed by atoms with Gasteiger partial charge in [-0.15, -0.1) is 0 Å². The average molecular weight is 373 g/mol. The first-order valence-corrected chi connectivity index (χ1v) is 10.1. The second-order valence-corrected chi connectivity index (χ2v) is 8.23. The van der Waals surface area contributed by atoms with Crippen LogP contribution in [-0.4, -0.2) is 54.6 Å². The monoisotopic (exact) mass is 372 g/mol. The van der Waals surface area contributed by atoms with Gasteiger partial charge in [0, 0.05) is 25.3 Å². The molecule has 148 valence electrons. The van der Waals surface area contributed by atoms with E-state index < -0.39 is 0 Å². The number of benzene rings is 1. The summed E-state index contributed by atoms with van der Waals surface area (Å²) in [6.07, 6.45) is 4.47. The van der Waals surface area contributed by atoms with Crippen LogP contribution in [-0.2, 0) is 11.3 Å². The molecular weight excluding hydrogens is 340 g/mol. The molecule has 0 bridgehead atoms. The van der Waals surface area contributed by atoms with E-state index in [-0.39, 0.29) is 18.0 Å². The van der Waals surface area contributed by atoms with Crippen LogP contribution in [0.2, 0.25) is 0 Å². The summed E-state index contributed by atoms with van der Waals surface area (Å²) in [5.74, 6) is 0.262. The number of imide groups is 1. The predicted molar refractivity (Wildman–Crippen MR) is 107 cm³/mol. The molecule has 6 heteroatoms. The molecule has 6 nitrogen and oxygen atoms in total. The number of nitrogens with one attached hydrogen (secondary N) is 1. The number of piperidine rings is 1. The standard InChI is InChI=1S/C21H32N4O2/c1-16(2)13-18-20(26)25(21(27)22-18)15-23(3)14-17-9-5-6-10-19(17)24-11-7-4-8-12-24/h5-6,9-10,16,18H,4,7-8,11-15H2,1-3H3,(H,22,27). The van der Waals surface area contributed by atoms with Crippen molar-refractivity contribution in [1.29, 1.82) is 0 Å². The van der Waals surface area contributed by atoms with E-state index >= 15 is 0 Å². The molecule has 1 unspecified atom stereocenters. The van der Waals surface area contributed by atoms with Gasteiger partial charge in [-0.25, -0.2) is 9.69 Å². The van der Waals surface area contributed by atoms with Crippen LogP contribution in [0.5, 0.6) is 0 Å². The Labute approximate surface area is 162 Å². The molecule has 1 aromatic rings. The van der Waals surface area contributed by atoms with E-state index in [1.54, 1.807) is 0 Å². The molecule has 3 rings (SSSR count). The van der Waals surface area contributed by atoms with E-state index in [4.69, 9.17) is 0 Å². The van der Waals surface area contributed by atoms with E-state index in [9.17, 15) is 9.59 Å². The summed E-state index contributed by atoms with van der Waals surface area (Å²) in [5.41, 5.74) is 2.52. The van der Waals surface area contributed by atoms with Gasteiger partial charge >= 0.3 is 6.03 Å². The van der Waals surface area contributed by atoms with Crippen LogP contribution in [0.1, 0.15) is 45.1 Å². The van der Waals surface area contributed by atoms with Crippen LogP contribution in [0.15, 0.2) is 24.3 Å². The number of rotatable bonds is 7. The van der Waals surface area contributed by atoms with Gasteiger partial charge in [0.05, 0.1) is 6.67 Å². The number of hydrogen-bond acceptors (Lipinski definition) is 4. The second-order valence-electron chi connectivity index (χ2n) is 8.23. The summed E-state index contributed by atoms with van der Waals surface area (Å²) in [5, 5.41) is 2.82. The second kappa shape index (κ2) is 8.74. The SMILES string of the molecule is CC(C)CC1NC(=O)N(CN(C)Cc2ccccc2N2CCCCC2)C1=O. The Morgan fingerprint density at radius 1 is 1.15 bits per heavy atom. The molecule has 0 radical (unpaired) electrons. The smallest absolute Gasteiger partial charge is 0.325 e. The van der Waals surface area contributed by atoms with Crippen molar-refractivity contribution < 1.29 is 9.59 Å². The first-order valence-electron chi connectivity index (χ1n) is 10.1. The fraction of sp³-hybridized carbons (Fsp3) is 0.619. The van der Waals surface area contributed by atoms with Gasteiger partial charge in [0.1, 0.15) is 6.04 Å². The van der Waals surface area contributed by atoms with E-state index in [0.717, 1.165) is 13.1 Å². The zero-order valence-electron chi connectivity index (χ0n) is 16.8. The summed E-state index contributed by atoms with van der Waals surface area (Å²) in [6, 6.07) is 7.81. The van der Waals surface area contributed by atoms with Crippen LogP contribution in [0.4, 0.5) is 10.5 Å². The van der Waals surface area contributed by atoms with E-state index in [0.29, 0.717) is 25.6 Å². The minimum atomic E-state index is -0.383. The highest BCUT2D eigenvalue weighted by Crippen LogP contribution is 2.25. The molecule has 0 spiro atoms. The number of hydrogen-bond donors (Lipinski definition) is 1. The highest BCUT2D eigenvalue weighted by molar-refractivity contribution is 6.04. The van der Waals surface area contributed by atoms with Crippen LogP contribution < -0.4 is 10.2 Å². The summed E-state index contributed by atoms with van der Waals surface area (Å²) in [7, 11) is 1.96. The van der Waals surface area contributed by atoms with Gasteiger partial charge in [-0.05, 0) is 50.3 Å². The quantitative estimate of drug-likeness (QED) is 0.748. The molecule has 3 amide bonds. The third kappa shape index (κ3) is 4.80. The molecule has 1 N–H and O–H groups in total. The van der Waals surface area contributed by atoms with Crippen molar-refractivity contribution in [1.82, 2.24) is 15.1 Å². The summed E-state index contributed by atoms with van der Waals surface area (Å²) >= 11 is 0. The Bertz CT molecular complexity index is 670. The van der Waals surface area contributed by atoms with Gasteiger partial charge in [0.2, 0.25) is 0 Å². The largest absolute Gasteiger partial charge is 0.371 e. The molecule has 2 heterocycles. The first kappa shape index (κ1) is 19.7. The molecule has 2 saturated heterocycles. The van der Waals surface area contributed by atoms with Crippen LogP contribution >= 0.6 is 0 Å². The number of carbonyl (C=O) groups excluding carboxylic acids is 2. The lowest BCUT2D eigenvalue weighted by Crippen LogP contribution is -2.40. The predicted octanol–water partition coefficient (Wildman–Crippen LogP) is 3.03. The lowest BCUT2D eigenvalue weighted by Gasteiger charge is -2.32. The third-order valence-electron chi connectivity index (χ3n) is 5.33. The summed E-state index contributed by atoms with van der Waals surface area (Å²) in [4.78, 5) is 30.6. The molecule has 2 aliphatic heterocycles. The van der Waals surface area contributed by atoms with Crippen molar-refractivity contribution in [3.05, 3.63) is 29.8 Å². The maximum absolute atomic E-state index is 12.6. The van der Waals surface area contributed by atoms with Crippen LogP contribution in [0.25, 0.3) is 0 Å². The number of amides is 3. The van der Waals surface area contributed by atoms with E-state index in [2.05, 4.69) is 48.3 Å². The molecule has 0 aromatic heterocycles. The fourth-order valence-corrected chi connectivity index (χ4v) is 4.01. The molecular formula is C21H32N4O2. The highest BCUT2D eigenvalue weighted by atomic mass is 16.2. The van der Waals surface area contributed by atoms with Crippen LogP contribution in [0.3, 0.4) is 0 Å². The minimum absolute atomic E-state index is 0.107. The zero-order valence-corrected chi connectivity index (χ0v) is 16.8. The normalized spacial score (nSPS) is 20.7. The van der Waals surface area contributed by atoms with Gasteiger partial charge in [-0.3, -0.25) is 9.69 Å². The van der Waals surface area contributed by atoms with E-state index in [1.165, 1.54) is 35.4 Å². The Balaban J connectivity index is 1.63. The average Bonchev–Trinajstić information content (AvgIpc) is 2.90. The van der Waals surface area contributed by atoms with Gasteiger partial charge in [0.15, 0.2) is 0 Å². The lowest BCUT2D eigenvalue weighted by molar-refractivity contribution is -0.129. The molecule has 0 aliphatic carbocycles. The molecule has 1 aromatic carbocycles. The number of nitrogens with zero attached hydrogens (tertiary/aromatic N) is 3. The van der Waals surface area contributed by atoms with Gasteiger partial charge in [-0.2, -0.15) is 0 Å². The van der Waals surface area contributed by atoms with Crippen molar-refractivity contribution in [2.75, 3.05) is 31.7 Å². The number of para-hydroxylation sites is 1. The van der Waals surface area contributed by atoms with Crippen molar-refractivity contribution in [2.24, 2.45) is 5.92 Å². The van der Waals surface area contributed by atoms with Crippen molar-refractivity contribution in [3.63, 3.8) is 0 Å². The zero-order chi connectivity index (χ0) is 19.4. The summed E-state index contributed by atoms with van der Waals surface area (Å²) < 4.78 is 0. The number of carbonyl (C=O) groups is 2. The van der Waals surface area contributed by atoms with Crippen molar-refractivity contribution in [2.45, 2.75) is 52.1 Å². The number of urea groups is 1. The molecule has 1 atom stereocenters. The Morgan fingerprint density at radius 2 is 1.85 bits per heavy atom. The minimum Gasteiger partial charge on any atom is -0.371 e. The van der Waals surface area contributed by atoms with E-state index in [1.807, 2.05) is 11.9 Å². The first-order chi connectivity index (χ1) is 13.0.